The van der Waals surface area contributed by atoms with Crippen LogP contribution in [-0.4, -0.2) is 64.7 Å². The Morgan fingerprint density at radius 2 is 1.93 bits per heavy atom. The third-order valence-corrected chi connectivity index (χ3v) is 6.29. The molecule has 0 atom stereocenters. The van der Waals surface area contributed by atoms with Crippen molar-refractivity contribution in [3.63, 3.8) is 0 Å². The molecule has 0 aliphatic carbocycles. The van der Waals surface area contributed by atoms with Gasteiger partial charge in [-0.3, -0.25) is 14.3 Å². The van der Waals surface area contributed by atoms with Crippen LogP contribution in [0.4, 0.5) is 0 Å². The van der Waals surface area contributed by atoms with Gasteiger partial charge in [-0.25, -0.2) is 0 Å². The van der Waals surface area contributed by atoms with Crippen molar-refractivity contribution in [3.05, 3.63) is 47.3 Å². The lowest BCUT2D eigenvalue weighted by Crippen LogP contribution is -2.38. The van der Waals surface area contributed by atoms with Crippen molar-refractivity contribution in [1.82, 2.24) is 19.6 Å². The summed E-state index contributed by atoms with van der Waals surface area (Å²) in [4.78, 5) is 29.4. The number of piperidine rings is 1. The zero-order chi connectivity index (χ0) is 21.1. The molecule has 1 saturated heterocycles. The summed E-state index contributed by atoms with van der Waals surface area (Å²) >= 11 is 0. The number of hydrogen-bond acceptors (Lipinski definition) is 4. The number of nitrogens with zero attached hydrogens (tertiary/aromatic N) is 4. The number of ether oxygens (including phenoxy) is 1. The second-order valence-corrected chi connectivity index (χ2v) is 8.06. The first-order valence-electron chi connectivity index (χ1n) is 10.9. The van der Waals surface area contributed by atoms with Crippen LogP contribution in [0.5, 0.6) is 5.75 Å². The SMILES string of the molecule is CCN1CCCn2nc(C3CCN(C(=O)Cc4ccccc4OC)CC3)cc2C1=O. The molecule has 0 radical (unpaired) electrons. The van der Waals surface area contributed by atoms with Crippen molar-refractivity contribution in [3.8, 4) is 5.75 Å². The third-order valence-electron chi connectivity index (χ3n) is 6.29. The second-order valence-electron chi connectivity index (χ2n) is 8.06. The van der Waals surface area contributed by atoms with Crippen LogP contribution in [0.15, 0.2) is 30.3 Å². The monoisotopic (exact) mass is 410 g/mol. The molecule has 1 aromatic heterocycles. The molecule has 2 aliphatic rings. The quantitative estimate of drug-likeness (QED) is 0.760. The molecule has 0 spiro atoms. The van der Waals surface area contributed by atoms with Gasteiger partial charge in [-0.2, -0.15) is 5.10 Å². The number of aryl methyl sites for hydroxylation is 1. The van der Waals surface area contributed by atoms with Gasteiger partial charge in [0.25, 0.3) is 5.91 Å². The molecule has 3 heterocycles. The van der Waals surface area contributed by atoms with Crippen molar-refractivity contribution in [1.29, 1.82) is 0 Å². The molecule has 7 nitrogen and oxygen atoms in total. The van der Waals surface area contributed by atoms with Crippen molar-refractivity contribution >= 4 is 11.8 Å². The highest BCUT2D eigenvalue weighted by Gasteiger charge is 2.29. The van der Waals surface area contributed by atoms with Crippen LogP contribution >= 0.6 is 0 Å². The van der Waals surface area contributed by atoms with Crippen molar-refractivity contribution in [2.75, 3.05) is 33.3 Å². The first kappa shape index (κ1) is 20.4. The average Bonchev–Trinajstić information content (AvgIpc) is 3.14. The van der Waals surface area contributed by atoms with Crippen LogP contribution in [0.1, 0.15) is 53.8 Å². The van der Waals surface area contributed by atoms with Crippen LogP contribution in [0.3, 0.4) is 0 Å². The normalized spacial score (nSPS) is 17.6. The minimum atomic E-state index is 0.0816. The van der Waals surface area contributed by atoms with Gasteiger partial charge in [-0.1, -0.05) is 18.2 Å². The number of benzene rings is 1. The van der Waals surface area contributed by atoms with E-state index in [4.69, 9.17) is 9.84 Å². The number of likely N-dealkylation sites (tertiary alicyclic amines) is 1. The Balaban J connectivity index is 1.39. The predicted molar refractivity (Wildman–Crippen MR) is 114 cm³/mol. The Labute approximate surface area is 177 Å². The summed E-state index contributed by atoms with van der Waals surface area (Å²) in [6.45, 7) is 5.76. The van der Waals surface area contributed by atoms with Crippen LogP contribution in [0.25, 0.3) is 0 Å². The summed E-state index contributed by atoms with van der Waals surface area (Å²) in [7, 11) is 1.63. The fourth-order valence-corrected chi connectivity index (χ4v) is 4.50. The molecule has 30 heavy (non-hydrogen) atoms. The van der Waals surface area contributed by atoms with Gasteiger partial charge in [0.1, 0.15) is 11.4 Å². The summed E-state index contributed by atoms with van der Waals surface area (Å²) in [5.74, 6) is 1.26. The minimum Gasteiger partial charge on any atom is -0.496 e. The maximum atomic E-state index is 12.8. The molecule has 2 aromatic rings. The maximum Gasteiger partial charge on any atom is 0.272 e. The van der Waals surface area contributed by atoms with Gasteiger partial charge in [-0.05, 0) is 38.3 Å². The van der Waals surface area contributed by atoms with E-state index in [9.17, 15) is 9.59 Å². The molecule has 0 unspecified atom stereocenters. The van der Waals surface area contributed by atoms with Gasteiger partial charge in [0.05, 0.1) is 19.2 Å². The number of carbonyl (C=O) groups is 2. The van der Waals surface area contributed by atoms with E-state index in [0.717, 1.165) is 69.0 Å². The van der Waals surface area contributed by atoms with Gasteiger partial charge in [0.15, 0.2) is 0 Å². The number of carbonyl (C=O) groups excluding carboxylic acids is 2. The van der Waals surface area contributed by atoms with Crippen LogP contribution in [0.2, 0.25) is 0 Å². The summed E-state index contributed by atoms with van der Waals surface area (Å²) in [6, 6.07) is 9.65. The zero-order valence-corrected chi connectivity index (χ0v) is 17.8. The number of para-hydroxylation sites is 1. The largest absolute Gasteiger partial charge is 0.496 e. The van der Waals surface area contributed by atoms with Gasteiger partial charge >= 0.3 is 0 Å². The van der Waals surface area contributed by atoms with E-state index in [1.165, 1.54) is 0 Å². The van der Waals surface area contributed by atoms with E-state index >= 15 is 0 Å². The van der Waals surface area contributed by atoms with Crippen molar-refractivity contribution in [2.24, 2.45) is 0 Å². The first-order valence-corrected chi connectivity index (χ1v) is 10.9. The molecule has 160 valence electrons. The van der Waals surface area contributed by atoms with Crippen molar-refractivity contribution < 1.29 is 14.3 Å². The van der Waals surface area contributed by atoms with E-state index < -0.39 is 0 Å². The highest BCUT2D eigenvalue weighted by Crippen LogP contribution is 2.29. The number of methoxy groups -OCH3 is 1. The molecule has 2 aliphatic heterocycles. The fraction of sp³-hybridized carbons (Fsp3) is 0.522. The Bertz CT molecular complexity index is 915. The Hall–Kier alpha value is -2.83. The summed E-state index contributed by atoms with van der Waals surface area (Å²) in [5, 5.41) is 4.76. The van der Waals surface area contributed by atoms with Gasteiger partial charge in [-0.15, -0.1) is 0 Å². The number of fused-ring (bicyclic) bond motifs is 1. The summed E-state index contributed by atoms with van der Waals surface area (Å²) < 4.78 is 7.25. The van der Waals surface area contributed by atoms with E-state index in [1.807, 2.05) is 51.7 Å². The van der Waals surface area contributed by atoms with Crippen LogP contribution < -0.4 is 4.74 Å². The zero-order valence-electron chi connectivity index (χ0n) is 17.8. The maximum absolute atomic E-state index is 12.8. The molecule has 0 N–H and O–H groups in total. The lowest BCUT2D eigenvalue weighted by Gasteiger charge is -2.31. The van der Waals surface area contributed by atoms with E-state index in [1.54, 1.807) is 7.11 Å². The van der Waals surface area contributed by atoms with Crippen LogP contribution in [-0.2, 0) is 17.8 Å². The smallest absolute Gasteiger partial charge is 0.272 e. The fourth-order valence-electron chi connectivity index (χ4n) is 4.50. The summed E-state index contributed by atoms with van der Waals surface area (Å²) in [6.07, 6.45) is 3.04. The Morgan fingerprint density at radius 1 is 1.17 bits per heavy atom. The predicted octanol–water partition coefficient (Wildman–Crippen LogP) is 2.71. The van der Waals surface area contributed by atoms with E-state index in [-0.39, 0.29) is 11.8 Å². The molecule has 7 heteroatoms. The molecule has 4 rings (SSSR count). The number of hydrogen-bond donors (Lipinski definition) is 0. The topological polar surface area (TPSA) is 67.7 Å². The minimum absolute atomic E-state index is 0.0816. The number of aromatic nitrogens is 2. The van der Waals surface area contributed by atoms with Gasteiger partial charge in [0.2, 0.25) is 5.91 Å². The van der Waals surface area contributed by atoms with Gasteiger partial charge in [0, 0.05) is 44.2 Å². The van der Waals surface area contributed by atoms with Crippen LogP contribution in [0, 0.1) is 0 Å². The highest BCUT2D eigenvalue weighted by molar-refractivity contribution is 5.93. The molecular weight excluding hydrogens is 380 g/mol. The van der Waals surface area contributed by atoms with E-state index in [2.05, 4.69) is 0 Å². The van der Waals surface area contributed by atoms with Gasteiger partial charge < -0.3 is 14.5 Å². The standard InChI is InChI=1S/C23H30N4O3/c1-3-25-11-6-12-27-20(23(25)29)16-19(24-27)17-9-13-26(14-10-17)22(28)15-18-7-4-5-8-21(18)30-2/h4-5,7-8,16-17H,3,6,9-15H2,1-2H3. The molecule has 0 saturated carbocycles. The number of rotatable bonds is 5. The molecule has 2 amide bonds. The molecule has 1 fully saturated rings. The molecule has 0 bridgehead atoms. The lowest BCUT2D eigenvalue weighted by atomic mass is 9.93. The summed E-state index contributed by atoms with van der Waals surface area (Å²) in [5.41, 5.74) is 2.62. The lowest BCUT2D eigenvalue weighted by molar-refractivity contribution is -0.131. The van der Waals surface area contributed by atoms with E-state index in [0.29, 0.717) is 18.0 Å². The third kappa shape index (κ3) is 4.06. The Kier molecular flexibility index (Phi) is 6.06. The first-order chi connectivity index (χ1) is 14.6. The molecule has 1 aromatic carbocycles. The average molecular weight is 411 g/mol. The molecular formula is C23H30N4O3. The number of amides is 2. The second kappa shape index (κ2) is 8.90. The van der Waals surface area contributed by atoms with Crippen molar-refractivity contribution in [2.45, 2.75) is 45.1 Å². The Morgan fingerprint density at radius 3 is 2.67 bits per heavy atom. The highest BCUT2D eigenvalue weighted by atomic mass is 16.5.